The number of nitrogens with zero attached hydrogens (tertiary/aromatic N) is 2. The Balaban J connectivity index is 1.71. The number of carbonyl (C=O) groups is 1. The van der Waals surface area contributed by atoms with Crippen molar-refractivity contribution in [3.8, 4) is 0 Å². The van der Waals surface area contributed by atoms with Gasteiger partial charge in [0.05, 0.1) is 11.4 Å². The van der Waals surface area contributed by atoms with Crippen molar-refractivity contribution in [2.45, 2.75) is 11.0 Å². The molecule has 0 radical (unpaired) electrons. The van der Waals surface area contributed by atoms with E-state index in [0.717, 1.165) is 39.2 Å². The van der Waals surface area contributed by atoms with Crippen LogP contribution in [0.3, 0.4) is 0 Å². The predicted octanol–water partition coefficient (Wildman–Crippen LogP) is 6.99. The first-order chi connectivity index (χ1) is 18.3. The van der Waals surface area contributed by atoms with Crippen LogP contribution in [-0.2, 0) is 11.0 Å². The lowest BCUT2D eigenvalue weighted by molar-refractivity contribution is 0.0880. The summed E-state index contributed by atoms with van der Waals surface area (Å²) in [6.45, 7) is 0. The molecule has 2 aliphatic rings. The summed E-state index contributed by atoms with van der Waals surface area (Å²) in [5.74, 6) is 0.0525. The minimum Gasteiger partial charge on any atom is -0.291 e. The summed E-state index contributed by atoms with van der Waals surface area (Å²) in [5.41, 5.74) is 4.39. The molecule has 0 saturated heterocycles. The molecule has 0 bridgehead atoms. The van der Waals surface area contributed by atoms with Crippen molar-refractivity contribution in [1.29, 1.82) is 0 Å². The van der Waals surface area contributed by atoms with E-state index in [1.54, 1.807) is 0 Å². The van der Waals surface area contributed by atoms with E-state index in [9.17, 15) is 0 Å². The predicted molar refractivity (Wildman–Crippen MR) is 148 cm³/mol. The van der Waals surface area contributed by atoms with E-state index in [1.165, 1.54) is 0 Å². The van der Waals surface area contributed by atoms with Gasteiger partial charge in [-0.3, -0.25) is 4.79 Å². The standard InChI is InChI=1S/C34H24N2O/c37-32-29-23-13-14-24-30(29)33(26-17-7-2-8-18-26)31(25-15-5-1-6-16-25)35-36(28-21-11-4-12-22-28)34(32,33)27-19-9-3-10-20-27/h1-24H. The van der Waals surface area contributed by atoms with Gasteiger partial charge in [-0.05, 0) is 34.4 Å². The van der Waals surface area contributed by atoms with Crippen LogP contribution in [-0.4, -0.2) is 11.5 Å². The van der Waals surface area contributed by atoms with Gasteiger partial charge in [-0.1, -0.05) is 133 Å². The Bertz CT molecular complexity index is 1630. The zero-order valence-electron chi connectivity index (χ0n) is 20.2. The molecule has 5 aromatic rings. The van der Waals surface area contributed by atoms with E-state index in [-0.39, 0.29) is 5.78 Å². The van der Waals surface area contributed by atoms with Crippen molar-refractivity contribution in [2.24, 2.45) is 5.10 Å². The summed E-state index contributed by atoms with van der Waals surface area (Å²) < 4.78 is 0. The fourth-order valence-electron chi connectivity index (χ4n) is 6.40. The second kappa shape index (κ2) is 8.14. The number of hydrazone groups is 1. The summed E-state index contributed by atoms with van der Waals surface area (Å²) in [4.78, 5) is 15.0. The van der Waals surface area contributed by atoms with E-state index in [1.807, 2.05) is 96.0 Å². The number of hydrogen-bond donors (Lipinski definition) is 0. The van der Waals surface area contributed by atoms with E-state index in [0.29, 0.717) is 0 Å². The van der Waals surface area contributed by atoms with Crippen LogP contribution in [0.25, 0.3) is 0 Å². The first kappa shape index (κ1) is 21.5. The quantitative estimate of drug-likeness (QED) is 0.280. The zero-order chi connectivity index (χ0) is 24.9. The number of rotatable bonds is 4. The maximum Gasteiger partial charge on any atom is 0.197 e. The lowest BCUT2D eigenvalue weighted by atomic mass is 9.59. The van der Waals surface area contributed by atoms with Crippen LogP contribution in [0, 0.1) is 0 Å². The lowest BCUT2D eigenvalue weighted by Gasteiger charge is -2.45. The average molecular weight is 477 g/mol. The van der Waals surface area contributed by atoms with E-state index in [4.69, 9.17) is 5.10 Å². The largest absolute Gasteiger partial charge is 0.291 e. The Morgan fingerprint density at radius 1 is 0.541 bits per heavy atom. The number of hydrogen-bond acceptors (Lipinski definition) is 3. The summed E-state index contributed by atoms with van der Waals surface area (Å²) >= 11 is 0. The van der Waals surface area contributed by atoms with E-state index >= 15 is 4.79 Å². The van der Waals surface area contributed by atoms with Crippen LogP contribution in [0.4, 0.5) is 5.69 Å². The molecular formula is C34H24N2O. The van der Waals surface area contributed by atoms with Crippen LogP contribution in [0.1, 0.15) is 32.6 Å². The molecule has 0 aromatic heterocycles. The molecule has 7 rings (SSSR count). The summed E-state index contributed by atoms with van der Waals surface area (Å²) in [6, 6.07) is 49.0. The van der Waals surface area contributed by atoms with Gasteiger partial charge in [0.2, 0.25) is 0 Å². The number of Topliss-reactive ketones (excluding diaryl/α,β-unsaturated/α-hetero) is 1. The molecule has 2 unspecified atom stereocenters. The number of anilines is 1. The second-order valence-corrected chi connectivity index (χ2v) is 9.53. The third-order valence-electron chi connectivity index (χ3n) is 7.77. The van der Waals surface area contributed by atoms with Gasteiger partial charge >= 0.3 is 0 Å². The first-order valence-electron chi connectivity index (χ1n) is 12.5. The van der Waals surface area contributed by atoms with Crippen LogP contribution < -0.4 is 5.01 Å². The molecule has 3 heteroatoms. The smallest absolute Gasteiger partial charge is 0.197 e. The molecule has 0 N–H and O–H groups in total. The van der Waals surface area contributed by atoms with Gasteiger partial charge in [0, 0.05) is 5.56 Å². The summed E-state index contributed by atoms with van der Waals surface area (Å²) in [5, 5.41) is 7.37. The monoisotopic (exact) mass is 476 g/mol. The summed E-state index contributed by atoms with van der Waals surface area (Å²) in [7, 11) is 0. The highest BCUT2D eigenvalue weighted by Gasteiger charge is 2.73. The molecular weight excluding hydrogens is 452 g/mol. The van der Waals surface area contributed by atoms with Crippen LogP contribution >= 0.6 is 0 Å². The highest BCUT2D eigenvalue weighted by molar-refractivity contribution is 6.26. The lowest BCUT2D eigenvalue weighted by Crippen LogP contribution is -2.58. The number of fused-ring (bicyclic) bond motifs is 3. The van der Waals surface area contributed by atoms with Gasteiger partial charge in [0.1, 0.15) is 5.41 Å². The van der Waals surface area contributed by atoms with Gasteiger partial charge in [0.15, 0.2) is 11.3 Å². The topological polar surface area (TPSA) is 32.7 Å². The van der Waals surface area contributed by atoms with Crippen molar-refractivity contribution in [3.05, 3.63) is 173 Å². The highest BCUT2D eigenvalue weighted by Crippen LogP contribution is 2.63. The minimum atomic E-state index is -1.15. The second-order valence-electron chi connectivity index (χ2n) is 9.53. The Kier molecular flexibility index (Phi) is 4.73. The van der Waals surface area contributed by atoms with Gasteiger partial charge in [0.25, 0.3) is 0 Å². The number of carbonyl (C=O) groups excluding carboxylic acids is 1. The molecule has 2 atom stereocenters. The normalized spacial score (nSPS) is 21.9. The zero-order valence-corrected chi connectivity index (χ0v) is 20.2. The average Bonchev–Trinajstić information content (AvgIpc) is 3.43. The number of para-hydroxylation sites is 1. The molecule has 5 aromatic carbocycles. The number of benzene rings is 5. The molecule has 37 heavy (non-hydrogen) atoms. The van der Waals surface area contributed by atoms with Crippen molar-refractivity contribution >= 4 is 17.2 Å². The molecule has 1 aliphatic carbocycles. The highest BCUT2D eigenvalue weighted by atomic mass is 16.1. The maximum atomic E-state index is 15.0. The van der Waals surface area contributed by atoms with Gasteiger partial charge in [-0.15, -0.1) is 0 Å². The van der Waals surface area contributed by atoms with Crippen molar-refractivity contribution in [1.82, 2.24) is 0 Å². The van der Waals surface area contributed by atoms with E-state index < -0.39 is 11.0 Å². The van der Waals surface area contributed by atoms with Crippen LogP contribution in [0.5, 0.6) is 0 Å². The molecule has 0 spiro atoms. The van der Waals surface area contributed by atoms with Crippen LogP contribution in [0.15, 0.2) is 151 Å². The van der Waals surface area contributed by atoms with E-state index in [2.05, 4.69) is 54.6 Å². The van der Waals surface area contributed by atoms with Gasteiger partial charge in [-0.25, -0.2) is 5.01 Å². The van der Waals surface area contributed by atoms with Crippen molar-refractivity contribution in [3.63, 3.8) is 0 Å². The molecule has 0 saturated carbocycles. The maximum absolute atomic E-state index is 15.0. The summed E-state index contributed by atoms with van der Waals surface area (Å²) in [6.07, 6.45) is 0. The van der Waals surface area contributed by atoms with Crippen molar-refractivity contribution in [2.75, 3.05) is 5.01 Å². The fourth-order valence-corrected chi connectivity index (χ4v) is 6.40. The Labute approximate surface area is 216 Å². The minimum absolute atomic E-state index is 0.0525. The van der Waals surface area contributed by atoms with Gasteiger partial charge in [-0.2, -0.15) is 5.10 Å². The molecule has 3 nitrogen and oxygen atoms in total. The molecule has 0 amide bonds. The molecule has 176 valence electrons. The third-order valence-corrected chi connectivity index (χ3v) is 7.77. The Morgan fingerprint density at radius 2 is 1.05 bits per heavy atom. The third kappa shape index (κ3) is 2.71. The first-order valence-corrected chi connectivity index (χ1v) is 12.5. The SMILES string of the molecule is O=C1c2ccccc2C2(c3ccccc3)C(c3ccccc3)=NN(c3ccccc3)C12c1ccccc1. The van der Waals surface area contributed by atoms with Crippen molar-refractivity contribution < 1.29 is 4.79 Å². The molecule has 1 heterocycles. The fraction of sp³-hybridized carbons (Fsp3) is 0.0588. The molecule has 0 fully saturated rings. The Morgan fingerprint density at radius 3 is 1.70 bits per heavy atom. The van der Waals surface area contributed by atoms with Gasteiger partial charge < -0.3 is 0 Å². The number of ketones is 1. The Hall–Kier alpha value is -4.76. The molecule has 1 aliphatic heterocycles. The van der Waals surface area contributed by atoms with Crippen LogP contribution in [0.2, 0.25) is 0 Å².